The number of esters is 1. The van der Waals surface area contributed by atoms with E-state index in [1.54, 1.807) is 24.3 Å². The second-order valence-corrected chi connectivity index (χ2v) is 22.9. The van der Waals surface area contributed by atoms with E-state index in [4.69, 9.17) is 29.3 Å². The fraction of sp³-hybridized carbons (Fsp3) is 0.519. The van der Waals surface area contributed by atoms with Crippen molar-refractivity contribution < 1.29 is 33.1 Å². The molecule has 0 bridgehead atoms. The topological polar surface area (TPSA) is 144 Å². The summed E-state index contributed by atoms with van der Waals surface area (Å²) in [5.41, 5.74) is 7.38. The first kappa shape index (κ1) is 42.6. The SMILES string of the molecule is C.CO.COC(=O)Cc1ccc(O)cc1.C[Si](C)(C)O[SiH2]CN.C[Si](C)(C)O[SiH2]CNCCc1ccc(O)cc1. The molecule has 0 saturated heterocycles. The van der Waals surface area contributed by atoms with E-state index in [9.17, 15) is 4.79 Å². The van der Waals surface area contributed by atoms with Crippen LogP contribution in [0.2, 0.25) is 39.3 Å². The average molecular weight is 633 g/mol. The minimum atomic E-state index is -1.29. The number of phenols is 2. The molecule has 0 unspecified atom stereocenters. The Labute approximate surface area is 249 Å². The molecule has 13 heteroatoms. The summed E-state index contributed by atoms with van der Waals surface area (Å²) in [6.07, 6.45) is 3.07. The highest BCUT2D eigenvalue weighted by molar-refractivity contribution is 6.74. The molecule has 2 aromatic carbocycles. The third kappa shape index (κ3) is 29.2. The summed E-state index contributed by atoms with van der Waals surface area (Å²) in [7, 11) is -0.872. The summed E-state index contributed by atoms with van der Waals surface area (Å²) < 4.78 is 15.9. The molecule has 0 aromatic heterocycles. The zero-order valence-electron chi connectivity index (χ0n) is 25.1. The number of carbonyl (C=O) groups excluding carboxylic acids is 1. The first-order valence-corrected chi connectivity index (χ1v) is 23.0. The Balaban J connectivity index is -0.000000523. The maximum Gasteiger partial charge on any atom is 0.309 e. The Hall–Kier alpha value is -1.82. The summed E-state index contributed by atoms with van der Waals surface area (Å²) in [6.45, 7) is 14.2. The molecule has 0 heterocycles. The maximum atomic E-state index is 10.8. The molecule has 0 amide bonds. The zero-order valence-corrected chi connectivity index (χ0v) is 29.9. The number of rotatable bonds is 12. The van der Waals surface area contributed by atoms with E-state index in [1.165, 1.54) is 24.8 Å². The van der Waals surface area contributed by atoms with Gasteiger partial charge in [-0.05, 0) is 87.6 Å². The summed E-state index contributed by atoms with van der Waals surface area (Å²) in [5.74, 6) is 0.252. The Kier molecular flexibility index (Phi) is 26.6. The Bertz CT molecular complexity index is 861. The van der Waals surface area contributed by atoms with Crippen LogP contribution in [-0.2, 0) is 30.6 Å². The molecule has 2 rings (SSSR count). The van der Waals surface area contributed by atoms with E-state index >= 15 is 0 Å². The van der Waals surface area contributed by atoms with Crippen molar-refractivity contribution in [2.45, 2.75) is 59.6 Å². The lowest BCUT2D eigenvalue weighted by atomic mass is 10.1. The van der Waals surface area contributed by atoms with Crippen LogP contribution in [-0.4, -0.2) is 90.6 Å². The molecule has 2 aromatic rings. The van der Waals surface area contributed by atoms with E-state index in [1.807, 2.05) is 12.1 Å². The van der Waals surface area contributed by atoms with Gasteiger partial charge >= 0.3 is 5.97 Å². The molecule has 0 radical (unpaired) electrons. The van der Waals surface area contributed by atoms with Crippen LogP contribution in [0.4, 0.5) is 0 Å². The van der Waals surface area contributed by atoms with Gasteiger partial charge in [-0.3, -0.25) is 4.79 Å². The number of nitrogens with two attached hydrogens (primary N) is 1. The molecule has 0 aliphatic rings. The minimum absolute atomic E-state index is 0. The van der Waals surface area contributed by atoms with Gasteiger partial charge in [0, 0.05) is 19.4 Å². The van der Waals surface area contributed by atoms with Gasteiger partial charge in [0.15, 0.2) is 36.2 Å². The average Bonchev–Trinajstić information content (AvgIpc) is 2.88. The van der Waals surface area contributed by atoms with Gasteiger partial charge in [-0.2, -0.15) is 0 Å². The van der Waals surface area contributed by atoms with Crippen molar-refractivity contribution in [3.05, 3.63) is 59.7 Å². The highest BCUT2D eigenvalue weighted by atomic mass is 28.4. The van der Waals surface area contributed by atoms with Gasteiger partial charge in [-0.25, -0.2) is 0 Å². The number of nitrogens with one attached hydrogen (secondary N) is 1. The van der Waals surface area contributed by atoms with Crippen LogP contribution in [0.5, 0.6) is 11.5 Å². The first-order valence-electron chi connectivity index (χ1n) is 13.0. The number of aliphatic hydroxyl groups excluding tert-OH is 1. The molecular weight excluding hydrogens is 577 g/mol. The van der Waals surface area contributed by atoms with Crippen molar-refractivity contribution >= 4 is 42.1 Å². The molecule has 232 valence electrons. The third-order valence-corrected chi connectivity index (χ3v) is 13.9. The number of hydrogen-bond donors (Lipinski definition) is 5. The van der Waals surface area contributed by atoms with Crippen LogP contribution in [0.25, 0.3) is 0 Å². The van der Waals surface area contributed by atoms with E-state index < -0.39 is 16.6 Å². The molecule has 40 heavy (non-hydrogen) atoms. The van der Waals surface area contributed by atoms with Crippen molar-refractivity contribution in [2.75, 3.05) is 33.1 Å². The normalized spacial score (nSPS) is 10.9. The monoisotopic (exact) mass is 632 g/mol. The van der Waals surface area contributed by atoms with Crippen molar-refractivity contribution in [3.63, 3.8) is 0 Å². The predicted octanol–water partition coefficient (Wildman–Crippen LogP) is 2.61. The lowest BCUT2D eigenvalue weighted by Crippen LogP contribution is -2.33. The third-order valence-electron chi connectivity index (χ3n) is 4.51. The highest BCUT2D eigenvalue weighted by Gasteiger charge is 2.12. The van der Waals surface area contributed by atoms with E-state index in [0.717, 1.165) is 38.0 Å². The lowest BCUT2D eigenvalue weighted by Gasteiger charge is -2.17. The van der Waals surface area contributed by atoms with Gasteiger partial charge in [-0.1, -0.05) is 31.7 Å². The number of benzene rings is 2. The molecule has 0 saturated carbocycles. The van der Waals surface area contributed by atoms with Crippen LogP contribution < -0.4 is 11.1 Å². The molecular formula is C27H56N2O7Si4. The van der Waals surface area contributed by atoms with Gasteiger partial charge in [0.05, 0.1) is 13.5 Å². The molecule has 0 aliphatic carbocycles. The second kappa shape index (κ2) is 24.9. The van der Waals surface area contributed by atoms with E-state index in [-0.39, 0.29) is 45.1 Å². The van der Waals surface area contributed by atoms with Gasteiger partial charge in [0.2, 0.25) is 0 Å². The summed E-state index contributed by atoms with van der Waals surface area (Å²) in [4.78, 5) is 10.8. The van der Waals surface area contributed by atoms with Crippen LogP contribution >= 0.6 is 0 Å². The Morgan fingerprint density at radius 2 is 1.25 bits per heavy atom. The standard InChI is InChI=1S/C12H23NO2Si2.C9H10O3.C4H15NOSi2.CH4O.CH4/c1-17(2,3)15-16-10-13-9-8-11-4-6-12(14)7-5-11;1-12-9(11)6-7-2-4-8(10)5-3-7;1-8(2,3)6-7-4-5;1-2;/h4-7,13-14H,8-10,16H2,1-3H3;2-5,10H,6H2,1H3;4-5,7H2,1-3H3;2H,1H3;1H4. The number of carbonyl (C=O) groups is 1. The van der Waals surface area contributed by atoms with Crippen molar-refractivity contribution in [1.82, 2.24) is 5.32 Å². The molecule has 0 atom stereocenters. The van der Waals surface area contributed by atoms with Crippen molar-refractivity contribution in [3.8, 4) is 11.5 Å². The van der Waals surface area contributed by atoms with Crippen LogP contribution in [0.15, 0.2) is 48.5 Å². The first-order chi connectivity index (χ1) is 18.3. The smallest absolute Gasteiger partial charge is 0.309 e. The van der Waals surface area contributed by atoms with Gasteiger partial charge < -0.3 is 39.3 Å². The maximum absolute atomic E-state index is 10.8. The van der Waals surface area contributed by atoms with Crippen LogP contribution in [0, 0.1) is 0 Å². The molecule has 6 N–H and O–H groups in total. The van der Waals surface area contributed by atoms with Crippen molar-refractivity contribution in [1.29, 1.82) is 0 Å². The zero-order chi connectivity index (χ0) is 30.3. The van der Waals surface area contributed by atoms with Gasteiger partial charge in [-0.15, -0.1) is 0 Å². The van der Waals surface area contributed by atoms with E-state index in [2.05, 4.69) is 49.3 Å². The second-order valence-electron chi connectivity index (χ2n) is 10.3. The Morgan fingerprint density at radius 3 is 1.62 bits per heavy atom. The minimum Gasteiger partial charge on any atom is -0.508 e. The number of aliphatic hydroxyl groups is 1. The number of hydrogen-bond acceptors (Lipinski definition) is 9. The van der Waals surface area contributed by atoms with Gasteiger partial charge in [0.25, 0.3) is 0 Å². The number of aromatic hydroxyl groups is 2. The summed E-state index contributed by atoms with van der Waals surface area (Å²) >= 11 is 0. The largest absolute Gasteiger partial charge is 0.508 e. The number of methoxy groups -OCH3 is 1. The Morgan fingerprint density at radius 1 is 0.825 bits per heavy atom. The van der Waals surface area contributed by atoms with Gasteiger partial charge in [0.1, 0.15) is 11.5 Å². The van der Waals surface area contributed by atoms with Crippen molar-refractivity contribution in [2.24, 2.45) is 5.73 Å². The number of ether oxygens (including phenoxy) is 1. The highest BCUT2D eigenvalue weighted by Crippen LogP contribution is 2.10. The van der Waals surface area contributed by atoms with Crippen LogP contribution in [0.3, 0.4) is 0 Å². The predicted molar refractivity (Wildman–Crippen MR) is 178 cm³/mol. The number of phenolic OH excluding ortho intramolecular Hbond substituents is 2. The lowest BCUT2D eigenvalue weighted by molar-refractivity contribution is -0.139. The molecule has 0 aliphatic heterocycles. The quantitative estimate of drug-likeness (QED) is 0.136. The molecule has 9 nitrogen and oxygen atoms in total. The molecule has 0 fully saturated rings. The summed E-state index contributed by atoms with van der Waals surface area (Å²) in [6, 6.07) is 13.9. The fourth-order valence-corrected chi connectivity index (χ4v) is 8.84. The van der Waals surface area contributed by atoms with E-state index in [0.29, 0.717) is 5.75 Å². The fourth-order valence-electron chi connectivity index (χ4n) is 2.67. The summed E-state index contributed by atoms with van der Waals surface area (Å²) in [5, 5.41) is 28.5. The van der Waals surface area contributed by atoms with Crippen LogP contribution in [0.1, 0.15) is 18.6 Å². The molecule has 0 spiro atoms.